The zero-order chi connectivity index (χ0) is 30.2. The first-order valence-electron chi connectivity index (χ1n) is 14.4. The summed E-state index contributed by atoms with van der Waals surface area (Å²) in [5, 5.41) is 21.3. The van der Waals surface area contributed by atoms with Gasteiger partial charge < -0.3 is 9.64 Å². The fraction of sp³-hybridized carbons (Fsp3) is 0.0513. The smallest absolute Gasteiger partial charge is 0.151 e. The fourth-order valence-electron chi connectivity index (χ4n) is 6.11. The van der Waals surface area contributed by atoms with E-state index in [2.05, 4.69) is 29.2 Å². The van der Waals surface area contributed by atoms with Gasteiger partial charge in [-0.1, -0.05) is 84.9 Å². The Morgan fingerprint density at radius 3 is 1.45 bits per heavy atom. The normalized spacial score (nSPS) is 11.5. The van der Waals surface area contributed by atoms with Gasteiger partial charge in [0.1, 0.15) is 12.1 Å². The van der Waals surface area contributed by atoms with E-state index in [0.717, 1.165) is 56.4 Å². The van der Waals surface area contributed by atoms with Gasteiger partial charge in [0.15, 0.2) is 11.5 Å². The molecule has 6 aromatic rings. The maximum absolute atomic E-state index is 10.6. The molecule has 5 heteroatoms. The van der Waals surface area contributed by atoms with Crippen molar-refractivity contribution in [3.63, 3.8) is 0 Å². The van der Waals surface area contributed by atoms with Crippen molar-refractivity contribution in [2.75, 3.05) is 4.90 Å². The van der Waals surface area contributed by atoms with Gasteiger partial charge in [0.05, 0.1) is 33.9 Å². The number of aromatic nitrogens is 1. The summed E-state index contributed by atoms with van der Waals surface area (Å²) in [6, 6.07) is 44.5. The number of benzene rings is 5. The molecule has 0 amide bonds. The summed E-state index contributed by atoms with van der Waals surface area (Å²) in [7, 11) is 0. The number of nitrogens with zero attached hydrogens (tertiary/aromatic N) is 4. The quantitative estimate of drug-likeness (QED) is 0.212. The number of fused-ring (bicyclic) bond motifs is 2. The topological polar surface area (TPSA) is 72.9 Å². The van der Waals surface area contributed by atoms with Gasteiger partial charge in [-0.15, -0.1) is 0 Å². The van der Waals surface area contributed by atoms with Crippen LogP contribution in [0.15, 0.2) is 121 Å². The van der Waals surface area contributed by atoms with Crippen molar-refractivity contribution < 1.29 is 4.74 Å². The molecule has 1 aliphatic rings. The second-order valence-electron chi connectivity index (χ2n) is 10.7. The van der Waals surface area contributed by atoms with Gasteiger partial charge in [0, 0.05) is 22.4 Å². The van der Waals surface area contributed by atoms with Crippen molar-refractivity contribution in [3.05, 3.63) is 144 Å². The first kappa shape index (κ1) is 26.7. The maximum Gasteiger partial charge on any atom is 0.151 e. The molecule has 0 bridgehead atoms. The summed E-state index contributed by atoms with van der Waals surface area (Å²) in [5.41, 5.74) is 9.70. The Labute approximate surface area is 256 Å². The minimum Gasteiger partial charge on any atom is -0.453 e. The van der Waals surface area contributed by atoms with Crippen molar-refractivity contribution in [1.82, 2.24) is 4.98 Å². The summed E-state index contributed by atoms with van der Waals surface area (Å²) in [6.45, 7) is 4.08. The lowest BCUT2D eigenvalue weighted by Crippen LogP contribution is -2.16. The Bertz CT molecular complexity index is 2000. The van der Waals surface area contributed by atoms with Crippen molar-refractivity contribution >= 4 is 17.1 Å². The Morgan fingerprint density at radius 2 is 1.00 bits per heavy atom. The molecule has 0 radical (unpaired) electrons. The summed E-state index contributed by atoms with van der Waals surface area (Å²) >= 11 is 0. The lowest BCUT2D eigenvalue weighted by atomic mass is 9.85. The van der Waals surface area contributed by atoms with Crippen molar-refractivity contribution in [1.29, 1.82) is 10.5 Å². The Morgan fingerprint density at radius 1 is 0.568 bits per heavy atom. The van der Waals surface area contributed by atoms with E-state index in [1.165, 1.54) is 0 Å². The molecular formula is C39H26N4O. The Hall–Kier alpha value is -6.17. The molecule has 0 N–H and O–H groups in total. The Balaban J connectivity index is 1.50. The highest BCUT2D eigenvalue weighted by atomic mass is 16.5. The summed E-state index contributed by atoms with van der Waals surface area (Å²) in [5.74, 6) is 1.55. The average molecular weight is 567 g/mol. The number of hydrogen-bond acceptors (Lipinski definition) is 5. The van der Waals surface area contributed by atoms with Crippen LogP contribution in [-0.2, 0) is 0 Å². The largest absolute Gasteiger partial charge is 0.453 e. The fourth-order valence-corrected chi connectivity index (χ4v) is 6.11. The molecule has 0 spiro atoms. The second kappa shape index (κ2) is 10.9. The maximum atomic E-state index is 10.6. The lowest BCUT2D eigenvalue weighted by Gasteiger charge is -2.33. The van der Waals surface area contributed by atoms with Gasteiger partial charge in [-0.2, -0.15) is 10.5 Å². The van der Waals surface area contributed by atoms with Crippen LogP contribution in [0.3, 0.4) is 0 Å². The predicted octanol–water partition coefficient (Wildman–Crippen LogP) is 10.0. The van der Waals surface area contributed by atoms with E-state index < -0.39 is 0 Å². The minimum absolute atomic E-state index is 0.383. The third-order valence-corrected chi connectivity index (χ3v) is 7.97. The molecule has 0 fully saturated rings. The van der Waals surface area contributed by atoms with E-state index in [1.807, 2.05) is 123 Å². The van der Waals surface area contributed by atoms with Gasteiger partial charge in [-0.25, -0.2) is 4.98 Å². The molecule has 5 nitrogen and oxygen atoms in total. The highest BCUT2D eigenvalue weighted by molar-refractivity contribution is 5.93. The zero-order valence-electron chi connectivity index (χ0n) is 24.2. The van der Waals surface area contributed by atoms with Crippen LogP contribution >= 0.6 is 0 Å². The average Bonchev–Trinajstić information content (AvgIpc) is 3.07. The summed E-state index contributed by atoms with van der Waals surface area (Å²) < 4.78 is 6.23. The van der Waals surface area contributed by atoms with E-state index in [1.54, 1.807) is 0 Å². The van der Waals surface area contributed by atoms with Crippen LogP contribution in [0.5, 0.6) is 11.5 Å². The van der Waals surface area contributed by atoms with Crippen LogP contribution < -0.4 is 9.64 Å². The molecular weight excluding hydrogens is 540 g/mol. The van der Waals surface area contributed by atoms with Crippen LogP contribution in [0.25, 0.3) is 33.6 Å². The minimum atomic E-state index is 0.383. The van der Waals surface area contributed by atoms with Gasteiger partial charge >= 0.3 is 0 Å². The molecule has 5 aromatic carbocycles. The number of anilines is 3. The van der Waals surface area contributed by atoms with E-state index in [9.17, 15) is 10.5 Å². The SMILES string of the molecule is Cc1cc(N2c3ccccc3Oc3ccccc32)cc(C)c1-c1c(C#N)c(-c2ccccc2)nc(-c2ccccc2)c1C#N. The van der Waals surface area contributed by atoms with Crippen molar-refractivity contribution in [2.45, 2.75) is 13.8 Å². The molecule has 7 rings (SSSR count). The van der Waals surface area contributed by atoms with Gasteiger partial charge in [-0.05, 0) is 66.9 Å². The number of hydrogen-bond donors (Lipinski definition) is 0. The highest BCUT2D eigenvalue weighted by Gasteiger charge is 2.28. The van der Waals surface area contributed by atoms with Crippen molar-refractivity contribution in [3.8, 4) is 57.3 Å². The summed E-state index contributed by atoms with van der Waals surface area (Å²) in [4.78, 5) is 7.17. The molecule has 0 saturated carbocycles. The molecule has 0 saturated heterocycles. The zero-order valence-corrected chi connectivity index (χ0v) is 24.2. The molecule has 0 unspecified atom stereocenters. The first-order valence-corrected chi connectivity index (χ1v) is 14.4. The van der Waals surface area contributed by atoms with Crippen LogP contribution in [0.1, 0.15) is 22.3 Å². The van der Waals surface area contributed by atoms with Gasteiger partial charge in [-0.3, -0.25) is 0 Å². The number of ether oxygens (including phenoxy) is 1. The number of rotatable bonds is 4. The molecule has 0 atom stereocenters. The van der Waals surface area contributed by atoms with Crippen LogP contribution in [0, 0.1) is 36.5 Å². The molecule has 0 aliphatic carbocycles. The standard InChI is InChI=1S/C39H26N4O/c1-25-21-29(43-32-17-9-11-19-34(32)44-35-20-12-10-18-33(35)43)22-26(2)36(25)37-30(23-40)38(27-13-5-3-6-14-27)42-39(31(37)24-41)28-15-7-4-8-16-28/h3-22H,1-2H3. The molecule has 44 heavy (non-hydrogen) atoms. The van der Waals surface area contributed by atoms with Gasteiger partial charge in [0.2, 0.25) is 0 Å². The molecule has 1 aliphatic heterocycles. The number of pyridine rings is 1. The predicted molar refractivity (Wildman–Crippen MR) is 174 cm³/mol. The number of aryl methyl sites for hydroxylation is 2. The monoisotopic (exact) mass is 566 g/mol. The van der Waals surface area contributed by atoms with Crippen LogP contribution in [0.4, 0.5) is 17.1 Å². The lowest BCUT2D eigenvalue weighted by molar-refractivity contribution is 0.477. The first-order chi connectivity index (χ1) is 21.6. The molecule has 2 heterocycles. The molecule has 208 valence electrons. The van der Waals surface area contributed by atoms with Gasteiger partial charge in [0.25, 0.3) is 0 Å². The van der Waals surface area contributed by atoms with Crippen molar-refractivity contribution in [2.24, 2.45) is 0 Å². The number of para-hydroxylation sites is 4. The van der Waals surface area contributed by atoms with E-state index >= 15 is 0 Å². The van der Waals surface area contributed by atoms with E-state index in [0.29, 0.717) is 28.1 Å². The third-order valence-electron chi connectivity index (χ3n) is 7.97. The van der Waals surface area contributed by atoms with E-state index in [-0.39, 0.29) is 0 Å². The highest BCUT2D eigenvalue weighted by Crippen LogP contribution is 2.51. The third kappa shape index (κ3) is 4.36. The van der Waals surface area contributed by atoms with Crippen LogP contribution in [0.2, 0.25) is 0 Å². The Kier molecular flexibility index (Phi) is 6.62. The molecule has 1 aromatic heterocycles. The second-order valence-corrected chi connectivity index (χ2v) is 10.7. The number of nitriles is 2. The summed E-state index contributed by atoms with van der Waals surface area (Å²) in [6.07, 6.45) is 0. The van der Waals surface area contributed by atoms with E-state index in [4.69, 9.17) is 9.72 Å². The van der Waals surface area contributed by atoms with Crippen LogP contribution in [-0.4, -0.2) is 4.98 Å².